The number of alkyl halides is 8. The van der Waals surface area contributed by atoms with E-state index < -0.39 is 55.6 Å². The van der Waals surface area contributed by atoms with E-state index in [9.17, 15) is 44.7 Å². The Morgan fingerprint density at radius 2 is 1.23 bits per heavy atom. The fraction of sp³-hybridized carbons (Fsp3) is 0.826. The van der Waals surface area contributed by atoms with E-state index in [0.717, 1.165) is 19.3 Å². The Balaban J connectivity index is 4.00. The molecule has 0 aromatic rings. The Bertz CT molecular complexity index is 639. The summed E-state index contributed by atoms with van der Waals surface area (Å²) in [6, 6.07) is 0. The highest BCUT2D eigenvalue weighted by Crippen LogP contribution is 2.48. The molecule has 0 aromatic heterocycles. The van der Waals surface area contributed by atoms with Crippen molar-refractivity contribution >= 4 is 11.9 Å². The molecule has 0 atom stereocenters. The minimum absolute atomic E-state index is 0.00514. The van der Waals surface area contributed by atoms with E-state index in [4.69, 9.17) is 4.74 Å². The fourth-order valence-electron chi connectivity index (χ4n) is 2.86. The molecule has 0 aliphatic carbocycles. The van der Waals surface area contributed by atoms with Crippen LogP contribution in [0.4, 0.5) is 35.1 Å². The molecule has 206 valence electrons. The molecule has 0 fully saturated rings. The Hall–Kier alpha value is -1.88. The smallest absolute Gasteiger partial charge is 0.381 e. The Labute approximate surface area is 200 Å². The first kappa shape index (κ1) is 33.1. The van der Waals surface area contributed by atoms with Crippen LogP contribution in [0.5, 0.6) is 0 Å². The zero-order chi connectivity index (χ0) is 27.0. The molecule has 0 unspecified atom stereocenters. The van der Waals surface area contributed by atoms with Crippen LogP contribution in [0.15, 0.2) is 12.2 Å². The van der Waals surface area contributed by atoms with Gasteiger partial charge in [0, 0.05) is 0 Å². The van der Waals surface area contributed by atoms with E-state index in [1.54, 1.807) is 0 Å². The largest absolute Gasteiger partial charge is 0.465 e. The number of carbonyl (C=O) groups excluding carboxylic acids is 2. The van der Waals surface area contributed by atoms with Crippen molar-refractivity contribution in [3.05, 3.63) is 12.2 Å². The summed E-state index contributed by atoms with van der Waals surface area (Å²) in [5, 5.41) is 0. The molecule has 0 heterocycles. The molecule has 0 spiro atoms. The standard InChI is InChI=1S/C23H34F8O4/c1-2-3-4-5-6-7-8-9-10-11-12-13-16-34-18(32)14-15-19(33)35-17-21(26,27)23(30,31)22(28,29)20(24)25/h11-12,20H,2-10,13-17H2,1H3/b12-11+. The molecular formula is C23H34F8O4. The number of hydrogen-bond donors (Lipinski definition) is 0. The van der Waals surface area contributed by atoms with Gasteiger partial charge in [-0.05, 0) is 19.3 Å². The molecule has 35 heavy (non-hydrogen) atoms. The van der Waals surface area contributed by atoms with Crippen molar-refractivity contribution in [1.29, 1.82) is 0 Å². The van der Waals surface area contributed by atoms with E-state index in [0.29, 0.717) is 6.42 Å². The van der Waals surface area contributed by atoms with Crippen molar-refractivity contribution in [2.24, 2.45) is 0 Å². The van der Waals surface area contributed by atoms with Gasteiger partial charge in [-0.15, -0.1) is 0 Å². The molecule has 0 rings (SSSR count). The predicted molar refractivity (Wildman–Crippen MR) is 113 cm³/mol. The minimum atomic E-state index is -6.46. The van der Waals surface area contributed by atoms with Crippen LogP contribution < -0.4 is 0 Å². The molecule has 0 saturated carbocycles. The SMILES string of the molecule is CCCCCCCCCC/C=C/CCOC(=O)CCC(=O)OCC(F)(F)C(F)(F)C(F)(F)C(F)F. The van der Waals surface area contributed by atoms with E-state index in [1.165, 1.54) is 38.5 Å². The van der Waals surface area contributed by atoms with Gasteiger partial charge >= 0.3 is 36.1 Å². The van der Waals surface area contributed by atoms with Crippen LogP contribution in [0.3, 0.4) is 0 Å². The highest BCUT2D eigenvalue weighted by Gasteiger charge is 2.75. The summed E-state index contributed by atoms with van der Waals surface area (Å²) in [7, 11) is 0. The monoisotopic (exact) mass is 526 g/mol. The van der Waals surface area contributed by atoms with Gasteiger partial charge in [-0.2, -0.15) is 26.3 Å². The summed E-state index contributed by atoms with van der Waals surface area (Å²) in [6.07, 6.45) is 8.18. The predicted octanol–water partition coefficient (Wildman–Crippen LogP) is 7.50. The second-order valence-corrected chi connectivity index (χ2v) is 8.11. The molecule has 0 aromatic carbocycles. The second-order valence-electron chi connectivity index (χ2n) is 8.11. The third kappa shape index (κ3) is 12.6. The second kappa shape index (κ2) is 16.7. The lowest BCUT2D eigenvalue weighted by molar-refractivity contribution is -0.344. The first-order valence-electron chi connectivity index (χ1n) is 11.7. The van der Waals surface area contributed by atoms with Gasteiger partial charge in [0.05, 0.1) is 19.4 Å². The Morgan fingerprint density at radius 3 is 1.77 bits per heavy atom. The van der Waals surface area contributed by atoms with Crippen molar-refractivity contribution in [1.82, 2.24) is 0 Å². The first-order chi connectivity index (χ1) is 16.3. The zero-order valence-corrected chi connectivity index (χ0v) is 19.8. The third-order valence-corrected chi connectivity index (χ3v) is 5.04. The van der Waals surface area contributed by atoms with Crippen molar-refractivity contribution in [2.75, 3.05) is 13.2 Å². The molecule has 0 aliphatic rings. The van der Waals surface area contributed by atoms with E-state index >= 15 is 0 Å². The lowest BCUT2D eigenvalue weighted by Crippen LogP contribution is -2.59. The van der Waals surface area contributed by atoms with Gasteiger partial charge in [0.1, 0.15) is 0 Å². The first-order valence-corrected chi connectivity index (χ1v) is 11.7. The molecule has 0 saturated heterocycles. The van der Waals surface area contributed by atoms with Crippen molar-refractivity contribution < 1.29 is 54.2 Å². The fourth-order valence-corrected chi connectivity index (χ4v) is 2.86. The summed E-state index contributed by atoms with van der Waals surface area (Å²) < 4.78 is 111. The molecule has 0 N–H and O–H groups in total. The minimum Gasteiger partial charge on any atom is -0.465 e. The van der Waals surface area contributed by atoms with E-state index in [-0.39, 0.29) is 6.61 Å². The lowest BCUT2D eigenvalue weighted by atomic mass is 10.1. The lowest BCUT2D eigenvalue weighted by Gasteiger charge is -2.31. The van der Waals surface area contributed by atoms with Crippen LogP contribution in [0.2, 0.25) is 0 Å². The maximum absolute atomic E-state index is 13.3. The number of hydrogen-bond acceptors (Lipinski definition) is 4. The van der Waals surface area contributed by atoms with Gasteiger partial charge < -0.3 is 9.47 Å². The number of allylic oxidation sites excluding steroid dienone is 1. The van der Waals surface area contributed by atoms with Gasteiger partial charge in [-0.25, -0.2) is 8.78 Å². The summed E-state index contributed by atoms with van der Waals surface area (Å²) in [5.41, 5.74) is 0. The summed E-state index contributed by atoms with van der Waals surface area (Å²) in [6.45, 7) is -0.389. The van der Waals surface area contributed by atoms with Crippen molar-refractivity contribution in [2.45, 2.75) is 108 Å². The number of ether oxygens (including phenoxy) is 2. The van der Waals surface area contributed by atoms with Gasteiger partial charge in [-0.1, -0.05) is 64.0 Å². The van der Waals surface area contributed by atoms with Gasteiger partial charge in [0.25, 0.3) is 0 Å². The number of halogens is 8. The Morgan fingerprint density at radius 1 is 0.743 bits per heavy atom. The summed E-state index contributed by atoms with van der Waals surface area (Å²) >= 11 is 0. The quantitative estimate of drug-likeness (QED) is 0.0714. The normalized spacial score (nSPS) is 13.0. The zero-order valence-electron chi connectivity index (χ0n) is 19.8. The Kier molecular flexibility index (Phi) is 15.8. The van der Waals surface area contributed by atoms with E-state index in [2.05, 4.69) is 11.7 Å². The molecule has 0 amide bonds. The van der Waals surface area contributed by atoms with Crippen LogP contribution in [0.25, 0.3) is 0 Å². The third-order valence-electron chi connectivity index (χ3n) is 5.04. The topological polar surface area (TPSA) is 52.6 Å². The van der Waals surface area contributed by atoms with Crippen LogP contribution >= 0.6 is 0 Å². The number of unbranched alkanes of at least 4 members (excludes halogenated alkanes) is 8. The molecule has 0 bridgehead atoms. The molecular weight excluding hydrogens is 492 g/mol. The number of rotatable bonds is 20. The van der Waals surface area contributed by atoms with Gasteiger partial charge in [0.2, 0.25) is 0 Å². The van der Waals surface area contributed by atoms with E-state index in [1.807, 2.05) is 12.2 Å². The van der Waals surface area contributed by atoms with Crippen LogP contribution in [0, 0.1) is 0 Å². The average molecular weight is 527 g/mol. The van der Waals surface area contributed by atoms with Crippen molar-refractivity contribution in [3.8, 4) is 0 Å². The highest BCUT2D eigenvalue weighted by molar-refractivity contribution is 5.77. The molecule has 0 aliphatic heterocycles. The van der Waals surface area contributed by atoms with Gasteiger partial charge in [0.15, 0.2) is 6.61 Å². The maximum atomic E-state index is 13.3. The molecule has 0 radical (unpaired) electrons. The van der Waals surface area contributed by atoms with Crippen LogP contribution in [-0.2, 0) is 19.1 Å². The van der Waals surface area contributed by atoms with Crippen LogP contribution in [-0.4, -0.2) is 49.3 Å². The maximum Gasteiger partial charge on any atom is 0.381 e. The summed E-state index contributed by atoms with van der Waals surface area (Å²) in [4.78, 5) is 22.8. The van der Waals surface area contributed by atoms with Crippen LogP contribution in [0.1, 0.15) is 84.0 Å². The number of esters is 2. The number of carbonyl (C=O) groups is 2. The summed E-state index contributed by atoms with van der Waals surface area (Å²) in [5.74, 6) is -21.0. The highest BCUT2D eigenvalue weighted by atomic mass is 19.4. The molecule has 12 heteroatoms. The van der Waals surface area contributed by atoms with Gasteiger partial charge in [-0.3, -0.25) is 9.59 Å². The van der Waals surface area contributed by atoms with Crippen molar-refractivity contribution in [3.63, 3.8) is 0 Å². The average Bonchev–Trinajstić information content (AvgIpc) is 2.79. The molecule has 4 nitrogen and oxygen atoms in total.